The molecule has 2 aromatic heterocycles. The third kappa shape index (κ3) is 2.07. The molecule has 0 fully saturated rings. The zero-order valence-electron chi connectivity index (χ0n) is 11.6. The monoisotopic (exact) mass is 288 g/mol. The quantitative estimate of drug-likeness (QED) is 0.612. The predicted molar refractivity (Wildman–Crippen MR) is 84.3 cm³/mol. The molecule has 22 heavy (non-hydrogen) atoms. The lowest BCUT2D eigenvalue weighted by Crippen LogP contribution is -2.06. The van der Waals surface area contributed by atoms with Gasteiger partial charge in [-0.15, -0.1) is 5.10 Å². The van der Waals surface area contributed by atoms with E-state index in [1.807, 2.05) is 54.6 Å². The Kier molecular flexibility index (Phi) is 2.79. The zero-order chi connectivity index (χ0) is 14.9. The van der Waals surface area contributed by atoms with Crippen LogP contribution in [0.4, 0.5) is 5.82 Å². The van der Waals surface area contributed by atoms with Crippen LogP contribution in [0.1, 0.15) is 0 Å². The molecule has 0 aliphatic rings. The van der Waals surface area contributed by atoms with E-state index in [0.717, 1.165) is 22.3 Å². The summed E-state index contributed by atoms with van der Waals surface area (Å²) in [6.45, 7) is 0. The van der Waals surface area contributed by atoms with Crippen molar-refractivity contribution in [3.05, 3.63) is 60.8 Å². The summed E-state index contributed by atoms with van der Waals surface area (Å²) in [5.74, 6) is 0.802. The van der Waals surface area contributed by atoms with E-state index in [2.05, 4.69) is 20.3 Å². The fraction of sp³-hybridized carbons (Fsp3) is 0. The van der Waals surface area contributed by atoms with Gasteiger partial charge < -0.3 is 5.73 Å². The molecule has 0 radical (unpaired) electrons. The number of benzene rings is 2. The Balaban J connectivity index is 1.82. The normalized spacial score (nSPS) is 10.9. The second-order valence-electron chi connectivity index (χ2n) is 4.84. The van der Waals surface area contributed by atoms with Crippen molar-refractivity contribution in [2.75, 3.05) is 5.73 Å². The summed E-state index contributed by atoms with van der Waals surface area (Å²) in [5.41, 5.74) is 9.27. The van der Waals surface area contributed by atoms with Crippen LogP contribution in [0.5, 0.6) is 0 Å². The second-order valence-corrected chi connectivity index (χ2v) is 4.84. The summed E-state index contributed by atoms with van der Waals surface area (Å²) in [4.78, 5) is 8.89. The lowest BCUT2D eigenvalue weighted by atomic mass is 10.2. The molecule has 0 aliphatic carbocycles. The van der Waals surface area contributed by atoms with Crippen LogP contribution in [-0.4, -0.2) is 25.0 Å². The maximum Gasteiger partial charge on any atom is 0.198 e. The SMILES string of the molecule is Nc1nc2ccccc2nc1-n1cc(-c2ccccc2)nn1. The van der Waals surface area contributed by atoms with Gasteiger partial charge in [-0.25, -0.2) is 9.97 Å². The Hall–Kier alpha value is -3.28. The molecule has 4 rings (SSSR count). The van der Waals surface area contributed by atoms with Gasteiger partial charge in [0, 0.05) is 5.56 Å². The van der Waals surface area contributed by atoms with Gasteiger partial charge in [0.2, 0.25) is 0 Å². The van der Waals surface area contributed by atoms with Crippen LogP contribution in [0.3, 0.4) is 0 Å². The van der Waals surface area contributed by atoms with E-state index in [0.29, 0.717) is 11.6 Å². The van der Waals surface area contributed by atoms with Crippen molar-refractivity contribution in [3.63, 3.8) is 0 Å². The highest BCUT2D eigenvalue weighted by Gasteiger charge is 2.11. The molecule has 0 spiro atoms. The highest BCUT2D eigenvalue weighted by molar-refractivity contribution is 5.77. The third-order valence-corrected chi connectivity index (χ3v) is 3.36. The second kappa shape index (κ2) is 4.92. The zero-order valence-corrected chi connectivity index (χ0v) is 11.6. The number of rotatable bonds is 2. The molecule has 0 amide bonds. The van der Waals surface area contributed by atoms with Gasteiger partial charge in [-0.1, -0.05) is 47.7 Å². The smallest absolute Gasteiger partial charge is 0.198 e. The summed E-state index contributed by atoms with van der Waals surface area (Å²) >= 11 is 0. The summed E-state index contributed by atoms with van der Waals surface area (Å²) in [6.07, 6.45) is 1.80. The minimum absolute atomic E-state index is 0.322. The van der Waals surface area contributed by atoms with Crippen molar-refractivity contribution >= 4 is 16.9 Å². The minimum atomic E-state index is 0.322. The van der Waals surface area contributed by atoms with Crippen LogP contribution < -0.4 is 5.73 Å². The number of aromatic nitrogens is 5. The lowest BCUT2D eigenvalue weighted by molar-refractivity contribution is 0.784. The Bertz CT molecular complexity index is 945. The number of anilines is 1. The van der Waals surface area contributed by atoms with Gasteiger partial charge in [-0.3, -0.25) is 0 Å². The first-order valence-electron chi connectivity index (χ1n) is 6.82. The van der Waals surface area contributed by atoms with Gasteiger partial charge in [0.1, 0.15) is 5.69 Å². The van der Waals surface area contributed by atoms with Crippen molar-refractivity contribution in [1.29, 1.82) is 0 Å². The van der Waals surface area contributed by atoms with Crippen LogP contribution in [-0.2, 0) is 0 Å². The summed E-state index contributed by atoms with van der Waals surface area (Å²) < 4.78 is 1.55. The van der Waals surface area contributed by atoms with E-state index in [4.69, 9.17) is 5.73 Å². The Morgan fingerprint density at radius 2 is 1.50 bits per heavy atom. The van der Waals surface area contributed by atoms with E-state index in [1.165, 1.54) is 0 Å². The summed E-state index contributed by atoms with van der Waals surface area (Å²) in [7, 11) is 0. The first-order chi connectivity index (χ1) is 10.8. The van der Waals surface area contributed by atoms with Crippen molar-refractivity contribution in [1.82, 2.24) is 25.0 Å². The standard InChI is InChI=1S/C16H12N6/c17-15-16(19-13-9-5-4-8-12(13)18-15)22-10-14(20-21-22)11-6-2-1-3-7-11/h1-10H,(H2,17,18). The van der Waals surface area contributed by atoms with E-state index in [9.17, 15) is 0 Å². The number of hydrogen-bond acceptors (Lipinski definition) is 5. The van der Waals surface area contributed by atoms with Crippen LogP contribution in [0, 0.1) is 0 Å². The average Bonchev–Trinajstić information content (AvgIpc) is 3.05. The lowest BCUT2D eigenvalue weighted by Gasteiger charge is -2.04. The average molecular weight is 288 g/mol. The van der Waals surface area contributed by atoms with Crippen LogP contribution in [0.2, 0.25) is 0 Å². The predicted octanol–water partition coefficient (Wildman–Crippen LogP) is 2.46. The molecular formula is C16H12N6. The van der Waals surface area contributed by atoms with Crippen molar-refractivity contribution in [3.8, 4) is 17.1 Å². The molecule has 0 bridgehead atoms. The van der Waals surface area contributed by atoms with Crippen LogP contribution >= 0.6 is 0 Å². The third-order valence-electron chi connectivity index (χ3n) is 3.36. The molecule has 4 aromatic rings. The highest BCUT2D eigenvalue weighted by Crippen LogP contribution is 2.20. The summed E-state index contributed by atoms with van der Waals surface area (Å²) in [5, 5.41) is 8.29. The fourth-order valence-corrected chi connectivity index (χ4v) is 2.28. The number of nitrogens with two attached hydrogens (primary N) is 1. The number of hydrogen-bond donors (Lipinski definition) is 1. The molecule has 2 heterocycles. The van der Waals surface area contributed by atoms with Gasteiger partial charge >= 0.3 is 0 Å². The van der Waals surface area contributed by atoms with Gasteiger partial charge in [0.25, 0.3) is 0 Å². The Morgan fingerprint density at radius 1 is 0.818 bits per heavy atom. The highest BCUT2D eigenvalue weighted by atomic mass is 15.4. The molecule has 0 saturated heterocycles. The fourth-order valence-electron chi connectivity index (χ4n) is 2.28. The van der Waals surface area contributed by atoms with E-state index < -0.39 is 0 Å². The van der Waals surface area contributed by atoms with Crippen molar-refractivity contribution < 1.29 is 0 Å². The molecule has 6 heteroatoms. The Labute approximate surface area is 126 Å². The van der Waals surface area contributed by atoms with Crippen molar-refractivity contribution in [2.45, 2.75) is 0 Å². The topological polar surface area (TPSA) is 82.5 Å². The first-order valence-corrected chi connectivity index (χ1v) is 6.82. The molecule has 0 atom stereocenters. The molecule has 6 nitrogen and oxygen atoms in total. The molecule has 106 valence electrons. The molecule has 0 saturated carbocycles. The van der Waals surface area contributed by atoms with Crippen LogP contribution in [0.25, 0.3) is 28.1 Å². The van der Waals surface area contributed by atoms with Crippen LogP contribution in [0.15, 0.2) is 60.8 Å². The number of para-hydroxylation sites is 2. The maximum absolute atomic E-state index is 6.00. The van der Waals surface area contributed by atoms with Gasteiger partial charge in [-0.05, 0) is 12.1 Å². The molecule has 2 N–H and O–H groups in total. The maximum atomic E-state index is 6.00. The Morgan fingerprint density at radius 3 is 2.27 bits per heavy atom. The largest absolute Gasteiger partial charge is 0.381 e. The minimum Gasteiger partial charge on any atom is -0.381 e. The molecule has 0 aliphatic heterocycles. The van der Waals surface area contributed by atoms with Gasteiger partial charge in [-0.2, -0.15) is 4.68 Å². The number of fused-ring (bicyclic) bond motifs is 1. The first kappa shape index (κ1) is 12.5. The molecular weight excluding hydrogens is 276 g/mol. The van der Waals surface area contributed by atoms with Gasteiger partial charge in [0.05, 0.1) is 17.2 Å². The molecule has 0 unspecified atom stereocenters. The summed E-state index contributed by atoms with van der Waals surface area (Å²) in [6, 6.07) is 17.4. The number of nitrogen functional groups attached to an aromatic ring is 1. The molecule has 2 aromatic carbocycles. The van der Waals surface area contributed by atoms with E-state index in [-0.39, 0.29) is 0 Å². The van der Waals surface area contributed by atoms with E-state index >= 15 is 0 Å². The van der Waals surface area contributed by atoms with Crippen molar-refractivity contribution in [2.24, 2.45) is 0 Å². The van der Waals surface area contributed by atoms with Gasteiger partial charge in [0.15, 0.2) is 11.6 Å². The van der Waals surface area contributed by atoms with E-state index in [1.54, 1.807) is 10.9 Å². The number of nitrogens with zero attached hydrogens (tertiary/aromatic N) is 5.